The normalized spacial score (nSPS) is 19.4. The Hall–Kier alpha value is -7.29. The molecule has 566 valence electrons. The minimum Gasteiger partial charge on any atom is -0.478 e. The first-order chi connectivity index (χ1) is 48.6. The largest absolute Gasteiger partial charge is 0.490 e. The third kappa shape index (κ3) is 20.4. The lowest BCUT2D eigenvalue weighted by Crippen LogP contribution is -2.47. The molecule has 37 nitrogen and oxygen atoms in total. The zero-order valence-electron chi connectivity index (χ0n) is 56.6. The van der Waals surface area contributed by atoms with Gasteiger partial charge in [-0.1, -0.05) is 24.0 Å². The van der Waals surface area contributed by atoms with Gasteiger partial charge in [-0.2, -0.15) is 25.5 Å². The highest BCUT2D eigenvalue weighted by Gasteiger charge is 2.48. The Balaban J connectivity index is 0.685. The number of carboxylic acid groups (broad SMARTS) is 1. The van der Waals surface area contributed by atoms with E-state index in [2.05, 4.69) is 45.6 Å². The van der Waals surface area contributed by atoms with E-state index >= 15 is 0 Å². The van der Waals surface area contributed by atoms with Gasteiger partial charge < -0.3 is 93.9 Å². The minimum absolute atomic E-state index is 0.00363. The molecule has 6 heterocycles. The van der Waals surface area contributed by atoms with Gasteiger partial charge in [0.1, 0.15) is 66.2 Å². The molecule has 2 aromatic heterocycles. The molecule has 42 heteroatoms. The average Bonchev–Trinajstić information content (AvgIpc) is 0.958. The summed E-state index contributed by atoms with van der Waals surface area (Å²) < 4.78 is 160. The van der Waals surface area contributed by atoms with Crippen molar-refractivity contribution >= 4 is 101 Å². The van der Waals surface area contributed by atoms with E-state index in [0.29, 0.717) is 33.0 Å². The van der Waals surface area contributed by atoms with Gasteiger partial charge in [0.15, 0.2) is 11.8 Å². The van der Waals surface area contributed by atoms with Gasteiger partial charge in [0, 0.05) is 79.3 Å². The van der Waals surface area contributed by atoms with Crippen LogP contribution in [0.25, 0.3) is 27.8 Å². The van der Waals surface area contributed by atoms with Crippen LogP contribution < -0.4 is 41.2 Å². The first kappa shape index (κ1) is 80.8. The van der Waals surface area contributed by atoms with Crippen LogP contribution >= 0.6 is 23.5 Å². The first-order valence-electron chi connectivity index (χ1n) is 31.6. The molecular formula is C62H78N8O29P3S2+. The van der Waals surface area contributed by atoms with Crippen LogP contribution in [0.1, 0.15) is 88.9 Å². The summed E-state index contributed by atoms with van der Waals surface area (Å²) in [7, 11) is -22.6. The molecule has 3 aromatic carbocycles. The molecule has 0 saturated carbocycles. The quantitative estimate of drug-likeness (QED) is 0.00884. The predicted octanol–water partition coefficient (Wildman–Crippen LogP) is 1.08. The maximum Gasteiger partial charge on any atom is 0.490 e. The lowest BCUT2D eigenvalue weighted by atomic mass is 9.83. The standard InChI is InChI=1S/C62H77N8O29P3S2/c1-61(2)29-38(33-103(84,85)86)41-25-44-48(27-46(41)68(61)5)96-49-28-47-42(39(34-104(87,88)89)30-62(3,4)69(47)6)26-45(49)53(44)40-10-9-36(24-43(40)60(75)76)58(74)65-13-15-91-17-19-93-21-23-94-22-20-92-18-16-90-14-11-51(71)64-12-7-8-37-31-70(57-52(37)56(63)66-35-67-57)59-55(73)54(72)50(97-59)32-95-101(80,81)99-102(82,83)98-100(77,78)79/h9-10,24-31,35,50,54-55,59,72-73H,11-23,32-34H2,1-6H3,(H10-,63,64,65,66,67,71,74,75,76,77,78,79,80,81,82,83,84,85,86,87,88,89)/p+1/t50-,54-,55-,59-/m1/s1. The molecule has 2 amide bonds. The van der Waals surface area contributed by atoms with Crippen molar-refractivity contribution in [1.29, 1.82) is 0 Å². The number of carbonyl (C=O) groups excluding carboxylic acids is 2. The van der Waals surface area contributed by atoms with Gasteiger partial charge in [-0.05, 0) is 60.9 Å². The summed E-state index contributed by atoms with van der Waals surface area (Å²) in [6.45, 7) is 8.19. The summed E-state index contributed by atoms with van der Waals surface area (Å²) in [6.07, 6.45) is -0.794. The van der Waals surface area contributed by atoms with Crippen LogP contribution in [0.3, 0.4) is 0 Å². The van der Waals surface area contributed by atoms with Crippen LogP contribution in [0.5, 0.6) is 11.5 Å². The van der Waals surface area contributed by atoms with Crippen LogP contribution in [0, 0.1) is 11.8 Å². The maximum absolute atomic E-state index is 13.6. The summed E-state index contributed by atoms with van der Waals surface area (Å²) in [5.74, 6) is 2.17. The molecule has 5 aromatic rings. The average molecular weight is 1560 g/mol. The van der Waals surface area contributed by atoms with Gasteiger partial charge in [0.25, 0.3) is 26.1 Å². The number of aromatic carboxylic acids is 1. The van der Waals surface area contributed by atoms with E-state index in [1.165, 1.54) is 29.0 Å². The van der Waals surface area contributed by atoms with Gasteiger partial charge in [0.2, 0.25) is 11.3 Å². The van der Waals surface area contributed by atoms with E-state index in [9.17, 15) is 79.1 Å². The summed E-state index contributed by atoms with van der Waals surface area (Å²) in [4.78, 5) is 86.2. The fraction of sp³-hybridized carbons (Fsp3) is 0.452. The Morgan fingerprint density at radius 3 is 1.97 bits per heavy atom. The van der Waals surface area contributed by atoms with Gasteiger partial charge in [-0.3, -0.25) is 23.2 Å². The van der Waals surface area contributed by atoms with Crippen LogP contribution in [0.15, 0.2) is 67.1 Å². The number of aliphatic hydroxyl groups is 2. The topological polar surface area (TPSA) is 532 Å². The summed E-state index contributed by atoms with van der Waals surface area (Å²) in [5, 5.41) is 38.8. The Morgan fingerprint density at radius 1 is 0.740 bits per heavy atom. The number of aliphatic hydroxyl groups excluding tert-OH is 2. The third-order valence-corrected chi connectivity index (χ3v) is 21.9. The molecule has 13 N–H and O–H groups in total. The highest BCUT2D eigenvalue weighted by atomic mass is 32.2. The van der Waals surface area contributed by atoms with Crippen molar-refractivity contribution in [3.8, 4) is 23.3 Å². The Bertz CT molecular complexity index is 4820. The molecule has 1 saturated heterocycles. The third-order valence-electron chi connectivity index (χ3n) is 16.8. The SMILES string of the molecule is CN1c2cc3c(cc2C(CS(=O)(=O)O)=CC1(C)C)C(c1ccc(C(=O)NCCOCCOCCOCCOCCOCCC(=O)NCC#Cc2cn([C@@H]4O[C@H](COP(=O)(O)OP(=O)(O)OP(=O)(O)O)[C@@H](O)[C@H]4O)c4ncnc(N)c24)cc1C(=O)O)=c1cc2c(cc1O3)=[N+](C)C(C)(C)C=C2CS(=O)(=O)O. The molecule has 4 aliphatic rings. The molecule has 1 fully saturated rings. The van der Waals surface area contributed by atoms with E-state index in [1.807, 2.05) is 51.3 Å². The van der Waals surface area contributed by atoms with Gasteiger partial charge in [-0.25, -0.2) is 33.0 Å². The van der Waals surface area contributed by atoms with Crippen molar-refractivity contribution in [2.45, 2.75) is 69.7 Å². The first-order valence-corrected chi connectivity index (χ1v) is 39.3. The summed E-state index contributed by atoms with van der Waals surface area (Å²) >= 11 is 0. The maximum atomic E-state index is 13.6. The van der Waals surface area contributed by atoms with Crippen molar-refractivity contribution < 1.29 is 135 Å². The number of nitrogens with zero attached hydrogens (tertiary/aromatic N) is 5. The highest BCUT2D eigenvalue weighted by Crippen LogP contribution is 2.66. The smallest absolute Gasteiger partial charge is 0.478 e. The van der Waals surface area contributed by atoms with E-state index in [-0.39, 0.29) is 153 Å². The molecule has 2 unspecified atom stereocenters. The summed E-state index contributed by atoms with van der Waals surface area (Å²) in [6, 6.07) is 10.9. The Labute approximate surface area is 594 Å². The molecular weight excluding hydrogens is 1480 g/mol. The number of nitrogen functional groups attached to an aromatic ring is 1. The summed E-state index contributed by atoms with van der Waals surface area (Å²) in [5.41, 5.74) is 7.20. The van der Waals surface area contributed by atoms with Gasteiger partial charge in [-0.15, -0.1) is 0 Å². The fourth-order valence-electron chi connectivity index (χ4n) is 11.7. The number of nitrogens with two attached hydrogens (primary N) is 1. The number of rotatable bonds is 34. The number of carboxylic acids is 1. The molecule has 0 spiro atoms. The van der Waals surface area contributed by atoms with Crippen LogP contribution in [0.2, 0.25) is 0 Å². The van der Waals surface area contributed by atoms with Gasteiger partial charge >= 0.3 is 29.4 Å². The molecule has 104 heavy (non-hydrogen) atoms. The molecule has 0 aliphatic carbocycles. The predicted molar refractivity (Wildman–Crippen MR) is 368 cm³/mol. The fourth-order valence-corrected chi connectivity index (χ4v) is 16.0. The number of fused-ring (bicyclic) bond motifs is 5. The van der Waals surface area contributed by atoms with E-state index in [4.69, 9.17) is 48.7 Å². The van der Waals surface area contributed by atoms with Crippen molar-refractivity contribution in [3.63, 3.8) is 0 Å². The number of benzene rings is 3. The zero-order chi connectivity index (χ0) is 76.1. The number of phosphoric acid groups is 3. The number of aromatic nitrogens is 3. The van der Waals surface area contributed by atoms with Crippen molar-refractivity contribution in [1.82, 2.24) is 29.7 Å². The molecule has 6 atom stereocenters. The second kappa shape index (κ2) is 32.8. The number of hydrogen-bond donors (Lipinski definition) is 12. The number of carbonyl (C=O) groups is 3. The lowest BCUT2D eigenvalue weighted by molar-refractivity contribution is -0.122. The molecule has 9 rings (SSSR count). The second-order valence-corrected chi connectivity index (χ2v) is 32.3. The van der Waals surface area contributed by atoms with Crippen LogP contribution in [0.4, 0.5) is 11.5 Å². The second-order valence-electron chi connectivity index (χ2n) is 25.0. The van der Waals surface area contributed by atoms with Crippen molar-refractivity contribution in [2.24, 2.45) is 0 Å². The van der Waals surface area contributed by atoms with E-state index in [1.54, 1.807) is 36.4 Å². The Morgan fingerprint density at radius 2 is 1.36 bits per heavy atom. The highest BCUT2D eigenvalue weighted by molar-refractivity contribution is 7.86. The minimum atomic E-state index is -5.84. The number of amides is 2. The monoisotopic (exact) mass is 1560 g/mol. The van der Waals surface area contributed by atoms with Crippen LogP contribution in [-0.2, 0) is 80.3 Å². The van der Waals surface area contributed by atoms with Crippen molar-refractivity contribution in [2.75, 3.05) is 122 Å². The van der Waals surface area contributed by atoms with Crippen molar-refractivity contribution in [3.05, 3.63) is 117 Å². The number of hydrogen-bond acceptors (Lipinski definition) is 26. The number of nitrogens with one attached hydrogen (secondary N) is 2. The van der Waals surface area contributed by atoms with Gasteiger partial charge in [0.05, 0.1) is 113 Å². The number of anilines is 2. The zero-order valence-corrected chi connectivity index (χ0v) is 61.0. The van der Waals surface area contributed by atoms with E-state index in [0.717, 1.165) is 6.33 Å². The lowest BCUT2D eigenvalue weighted by Gasteiger charge is -2.41. The molecule has 0 radical (unpaired) electrons. The van der Waals surface area contributed by atoms with E-state index < -0.39 is 115 Å². The number of ether oxygens (including phenoxy) is 7. The molecule has 0 bridgehead atoms. The van der Waals surface area contributed by atoms with Crippen LogP contribution in [-0.4, -0.2) is 234 Å². The Kier molecular flexibility index (Phi) is 25.5. The number of likely N-dealkylation sites (N-methyl/N-ethyl adjacent to an activating group) is 2. The molecule has 4 aliphatic heterocycles. The number of phosphoric ester groups is 1.